The monoisotopic (exact) mass is 428 g/mol. The van der Waals surface area contributed by atoms with Gasteiger partial charge < -0.3 is 20.7 Å². The summed E-state index contributed by atoms with van der Waals surface area (Å²) in [5.74, 6) is -1.45. The molecule has 1 aliphatic rings. The van der Waals surface area contributed by atoms with Crippen LogP contribution in [0.3, 0.4) is 0 Å². The minimum Gasteiger partial charge on any atom is -0.745 e. The van der Waals surface area contributed by atoms with Crippen LogP contribution in [0.1, 0.15) is 18.4 Å². The molecular weight excluding hydrogens is 407 g/mol. The molecule has 1 aromatic carbocycles. The summed E-state index contributed by atoms with van der Waals surface area (Å²) in [6, 6.07) is 6.44. The predicted octanol–water partition coefficient (Wildman–Crippen LogP) is -4.51. The number of nitrogens with two attached hydrogens (primary N) is 1. The quantitative estimate of drug-likeness (QED) is 0.286. The Labute approximate surface area is 180 Å². The zero-order chi connectivity index (χ0) is 19.8. The third kappa shape index (κ3) is 4.46. The molecule has 0 aromatic heterocycles. The maximum absolute atomic E-state index is 12.8. The van der Waals surface area contributed by atoms with Gasteiger partial charge in [0.15, 0.2) is 20.5 Å². The zero-order valence-electron chi connectivity index (χ0n) is 15.1. The van der Waals surface area contributed by atoms with Crippen molar-refractivity contribution in [3.05, 3.63) is 35.9 Å². The van der Waals surface area contributed by atoms with Gasteiger partial charge in [-0.3, -0.25) is 4.79 Å². The van der Waals surface area contributed by atoms with Gasteiger partial charge in [0.05, 0.1) is 6.04 Å². The first-order valence-corrected chi connectivity index (χ1v) is 11.1. The van der Waals surface area contributed by atoms with E-state index in [9.17, 15) is 31.3 Å². The van der Waals surface area contributed by atoms with Crippen LogP contribution in [0.25, 0.3) is 0 Å². The van der Waals surface area contributed by atoms with Gasteiger partial charge in [0.1, 0.15) is 10.1 Å². The molecule has 1 heterocycles. The largest absolute Gasteiger partial charge is 1.00 e. The van der Waals surface area contributed by atoms with E-state index < -0.39 is 48.0 Å². The Bertz CT molecular complexity index is 886. The molecule has 0 saturated carbocycles. The van der Waals surface area contributed by atoms with Crippen molar-refractivity contribution in [3.8, 4) is 0 Å². The van der Waals surface area contributed by atoms with Crippen LogP contribution in [0.5, 0.6) is 0 Å². The van der Waals surface area contributed by atoms with E-state index >= 15 is 0 Å². The number of sulfone groups is 1. The zero-order valence-corrected chi connectivity index (χ0v) is 18.7. The molecule has 0 bridgehead atoms. The van der Waals surface area contributed by atoms with Crippen LogP contribution in [0.15, 0.2) is 30.3 Å². The molecule has 27 heavy (non-hydrogen) atoms. The Balaban J connectivity index is 0.00000364. The van der Waals surface area contributed by atoms with Crippen molar-refractivity contribution in [2.75, 3.05) is 12.8 Å². The fourth-order valence-electron chi connectivity index (χ4n) is 3.09. The van der Waals surface area contributed by atoms with Crippen molar-refractivity contribution in [2.45, 2.75) is 35.1 Å². The van der Waals surface area contributed by atoms with Crippen LogP contribution in [-0.4, -0.2) is 60.9 Å². The van der Waals surface area contributed by atoms with Crippen molar-refractivity contribution < 1.29 is 60.8 Å². The van der Waals surface area contributed by atoms with Crippen LogP contribution in [0.2, 0.25) is 0 Å². The number of benzene rings is 1. The molecule has 3 atom stereocenters. The first-order chi connectivity index (χ1) is 11.8. The molecule has 2 unspecified atom stereocenters. The standard InChI is InChI=1S/C15H22N2O7S2.Na/c1-25(20,21)14(16,10-11-6-3-2-4-7-11)15(19,26(22,23)24)13(18)12-8-5-9-17-12;/h2-4,6-7,12,17,19H,5,8-10,16H2,1H3,(H,22,23,24);/q;+1/p-1/t12-,14?,15?;/m0./s1. The maximum Gasteiger partial charge on any atom is 1.00 e. The molecular formula is C15H21N2NaO7S2. The summed E-state index contributed by atoms with van der Waals surface area (Å²) < 4.78 is 60.6. The van der Waals surface area contributed by atoms with Gasteiger partial charge in [0, 0.05) is 12.7 Å². The van der Waals surface area contributed by atoms with Gasteiger partial charge >= 0.3 is 29.6 Å². The number of carbonyl (C=O) groups is 1. The number of aliphatic hydroxyl groups is 1. The third-order valence-corrected chi connectivity index (χ3v) is 7.80. The fourth-order valence-corrected chi connectivity index (χ4v) is 5.77. The molecule has 1 aliphatic heterocycles. The molecule has 0 amide bonds. The van der Waals surface area contributed by atoms with Crippen molar-refractivity contribution in [3.63, 3.8) is 0 Å². The molecule has 1 aromatic rings. The maximum atomic E-state index is 12.8. The van der Waals surface area contributed by atoms with E-state index in [4.69, 9.17) is 5.73 Å². The number of ketones is 1. The molecule has 9 nitrogen and oxygen atoms in total. The molecule has 146 valence electrons. The van der Waals surface area contributed by atoms with E-state index in [0.29, 0.717) is 19.2 Å². The Morgan fingerprint density at radius 1 is 1.30 bits per heavy atom. The van der Waals surface area contributed by atoms with Crippen LogP contribution < -0.4 is 40.6 Å². The Kier molecular flexibility index (Phi) is 7.82. The summed E-state index contributed by atoms with van der Waals surface area (Å²) in [6.07, 6.45) is 0.507. The summed E-state index contributed by atoms with van der Waals surface area (Å²) in [4.78, 5) is 5.87. The normalized spacial score (nSPS) is 22.3. The van der Waals surface area contributed by atoms with Crippen molar-refractivity contribution in [1.82, 2.24) is 5.32 Å². The average Bonchev–Trinajstić information content (AvgIpc) is 3.06. The SMILES string of the molecule is CS(=O)(=O)C(N)(Cc1ccccc1)C(O)(C(=O)[C@@H]1CCCN1)S(=O)(=O)[O-].[Na+]. The topological polar surface area (TPSA) is 167 Å². The number of Topliss-reactive ketones (excluding diaryl/α,β-unsaturated/α-hetero) is 1. The van der Waals surface area contributed by atoms with E-state index in [1.54, 1.807) is 18.2 Å². The van der Waals surface area contributed by atoms with Crippen LogP contribution in [0, 0.1) is 0 Å². The van der Waals surface area contributed by atoms with Gasteiger partial charge in [0.25, 0.3) is 0 Å². The molecule has 1 saturated heterocycles. The van der Waals surface area contributed by atoms with Crippen molar-refractivity contribution in [1.29, 1.82) is 0 Å². The minimum atomic E-state index is -5.85. The van der Waals surface area contributed by atoms with Gasteiger partial charge in [-0.05, 0) is 24.9 Å². The van der Waals surface area contributed by atoms with E-state index in [-0.39, 0.29) is 41.5 Å². The molecule has 2 rings (SSSR count). The minimum absolute atomic E-state index is 0. The second-order valence-corrected chi connectivity index (χ2v) is 10.2. The number of carbonyl (C=O) groups excluding carboxylic acids is 1. The second kappa shape index (κ2) is 8.56. The number of hydrogen-bond acceptors (Lipinski definition) is 9. The smallest absolute Gasteiger partial charge is 0.745 e. The summed E-state index contributed by atoms with van der Waals surface area (Å²) in [6.45, 7) is 0.362. The summed E-state index contributed by atoms with van der Waals surface area (Å²) in [5, 5.41) is 13.5. The molecule has 12 heteroatoms. The van der Waals surface area contributed by atoms with Gasteiger partial charge in [-0.15, -0.1) is 0 Å². The van der Waals surface area contributed by atoms with E-state index in [1.807, 2.05) is 0 Å². The van der Waals surface area contributed by atoms with Crippen molar-refractivity contribution >= 4 is 25.7 Å². The molecule has 0 spiro atoms. The molecule has 4 N–H and O–H groups in total. The predicted molar refractivity (Wildman–Crippen MR) is 92.6 cm³/mol. The Hall–Kier alpha value is -0.370. The number of hydrogen-bond donors (Lipinski definition) is 3. The first kappa shape index (κ1) is 24.7. The van der Waals surface area contributed by atoms with Gasteiger partial charge in [-0.2, -0.15) is 0 Å². The summed E-state index contributed by atoms with van der Waals surface area (Å²) in [5.41, 5.74) is 6.12. The van der Waals surface area contributed by atoms with Gasteiger partial charge in [-0.1, -0.05) is 30.3 Å². The summed E-state index contributed by atoms with van der Waals surface area (Å²) >= 11 is 0. The summed E-state index contributed by atoms with van der Waals surface area (Å²) in [7, 11) is -10.4. The van der Waals surface area contributed by atoms with E-state index in [2.05, 4.69) is 5.32 Å². The number of rotatable bonds is 7. The van der Waals surface area contributed by atoms with E-state index in [1.165, 1.54) is 12.1 Å². The van der Waals surface area contributed by atoms with Gasteiger partial charge in [-0.25, -0.2) is 16.8 Å². The Morgan fingerprint density at radius 2 is 1.85 bits per heavy atom. The molecule has 0 radical (unpaired) electrons. The van der Waals surface area contributed by atoms with Crippen LogP contribution >= 0.6 is 0 Å². The number of nitrogens with one attached hydrogen (secondary N) is 1. The van der Waals surface area contributed by atoms with E-state index in [0.717, 1.165) is 0 Å². The fraction of sp³-hybridized carbons (Fsp3) is 0.533. The second-order valence-electron chi connectivity index (χ2n) is 6.44. The Morgan fingerprint density at radius 3 is 2.26 bits per heavy atom. The van der Waals surface area contributed by atoms with Crippen LogP contribution in [0.4, 0.5) is 0 Å². The molecule has 0 aliphatic carbocycles. The van der Waals surface area contributed by atoms with Gasteiger partial charge in [0.2, 0.25) is 4.93 Å². The molecule has 1 fully saturated rings. The first-order valence-electron chi connectivity index (χ1n) is 7.82. The average molecular weight is 428 g/mol. The van der Waals surface area contributed by atoms with Crippen molar-refractivity contribution in [2.24, 2.45) is 5.73 Å². The van der Waals surface area contributed by atoms with Crippen LogP contribution in [-0.2, 0) is 31.2 Å². The third-order valence-electron chi connectivity index (χ3n) is 4.62.